The summed E-state index contributed by atoms with van der Waals surface area (Å²) in [4.78, 5) is 0. The smallest absolute Gasteiger partial charge is 0.369 e. The van der Waals surface area contributed by atoms with Gasteiger partial charge >= 0.3 is 3.18 Å². The Hall–Kier alpha value is -2.42. The van der Waals surface area contributed by atoms with Gasteiger partial charge in [-0.05, 0) is 86.1 Å². The summed E-state index contributed by atoms with van der Waals surface area (Å²) in [6.45, 7) is 8.48. The first kappa shape index (κ1) is 39.8. The summed E-state index contributed by atoms with van der Waals surface area (Å²) in [7, 11) is 3.45. The number of phenolic OH excluding ortho intramolecular Hbond substituents is 2. The topological polar surface area (TPSA) is 58.9 Å². The van der Waals surface area contributed by atoms with Gasteiger partial charge in [-0.2, -0.15) is 0 Å². The maximum Gasteiger partial charge on any atom is 0.369 e. The standard InChI is InChI=1S/C20H26O2.C18H22O2.BBr3/c1-5-6-7-10-16-13-18(21-3)20(19(14-16)22-4)17-11-8-9-15(2)12-17;1-3-4-5-8-14-11-16(19)18(17(20)12-14)15-9-6-7-13(2)10-15;2-1(3)4/h8-9,11-14H,5-7,10H2,1-4H3;6-7,9-12,19-20H,3-5,8H2,1-2H3;. The Bertz CT molecular complexity index is 1440. The van der Waals surface area contributed by atoms with E-state index in [4.69, 9.17) is 9.47 Å². The van der Waals surface area contributed by atoms with Crippen LogP contribution in [0.4, 0.5) is 0 Å². The predicted octanol–water partition coefficient (Wildman–Crippen LogP) is 12.4. The van der Waals surface area contributed by atoms with Crippen LogP contribution < -0.4 is 9.47 Å². The van der Waals surface area contributed by atoms with E-state index in [0.717, 1.165) is 58.6 Å². The Morgan fingerprint density at radius 1 is 0.587 bits per heavy atom. The predicted molar refractivity (Wildman–Crippen MR) is 209 cm³/mol. The second kappa shape index (κ2) is 21.5. The molecule has 0 unspecified atom stereocenters. The normalized spacial score (nSPS) is 10.3. The molecule has 0 amide bonds. The SMILES string of the molecule is BrB(Br)Br.CCCCCc1cc(O)c(-c2cccc(C)c2)c(O)c1.CCCCCc1cc(OC)c(-c2cccc(C)c2)c(OC)c1. The average molecular weight is 819 g/mol. The number of hydrogen-bond donors (Lipinski definition) is 2. The van der Waals surface area contributed by atoms with Crippen molar-refractivity contribution >= 4 is 50.5 Å². The van der Waals surface area contributed by atoms with E-state index in [1.54, 1.807) is 26.4 Å². The third-order valence-corrected chi connectivity index (χ3v) is 7.47. The van der Waals surface area contributed by atoms with Crippen molar-refractivity contribution in [2.75, 3.05) is 14.2 Å². The molecule has 46 heavy (non-hydrogen) atoms. The Kier molecular flexibility index (Phi) is 18.5. The van der Waals surface area contributed by atoms with E-state index < -0.39 is 0 Å². The molecule has 0 fully saturated rings. The van der Waals surface area contributed by atoms with Gasteiger partial charge in [-0.15, -0.1) is 47.3 Å². The lowest BCUT2D eigenvalue weighted by molar-refractivity contribution is 0.396. The summed E-state index contributed by atoms with van der Waals surface area (Å²) in [6, 6.07) is 24.1. The fourth-order valence-electron chi connectivity index (χ4n) is 5.26. The lowest BCUT2D eigenvalue weighted by atomic mass is 9.97. The van der Waals surface area contributed by atoms with Crippen LogP contribution in [0.15, 0.2) is 72.8 Å². The van der Waals surface area contributed by atoms with Crippen LogP contribution in [0.5, 0.6) is 23.0 Å². The molecule has 4 aromatic carbocycles. The molecule has 4 aromatic rings. The van der Waals surface area contributed by atoms with Gasteiger partial charge < -0.3 is 19.7 Å². The van der Waals surface area contributed by atoms with Crippen LogP contribution in [0.1, 0.15) is 74.6 Å². The number of ether oxygens (including phenoxy) is 2. The molecule has 0 radical (unpaired) electrons. The van der Waals surface area contributed by atoms with Gasteiger partial charge in [0.25, 0.3) is 0 Å². The summed E-state index contributed by atoms with van der Waals surface area (Å²) in [5.74, 6) is 2.08. The van der Waals surface area contributed by atoms with Crippen molar-refractivity contribution in [3.05, 3.63) is 95.1 Å². The van der Waals surface area contributed by atoms with Gasteiger partial charge in [-0.3, -0.25) is 0 Å². The third-order valence-electron chi connectivity index (χ3n) is 7.47. The Morgan fingerprint density at radius 3 is 1.35 bits per heavy atom. The molecule has 248 valence electrons. The molecule has 0 aliphatic heterocycles. The van der Waals surface area contributed by atoms with E-state index in [1.165, 1.54) is 43.2 Å². The second-order valence-corrected chi connectivity index (χ2v) is 17.7. The van der Waals surface area contributed by atoms with Crippen LogP contribution in [0.3, 0.4) is 0 Å². The van der Waals surface area contributed by atoms with Gasteiger partial charge in [0, 0.05) is 0 Å². The highest BCUT2D eigenvalue weighted by Crippen LogP contribution is 2.41. The number of methoxy groups -OCH3 is 2. The largest absolute Gasteiger partial charge is 0.507 e. The maximum atomic E-state index is 10.2. The van der Waals surface area contributed by atoms with E-state index >= 15 is 0 Å². The lowest BCUT2D eigenvalue weighted by Gasteiger charge is -2.16. The van der Waals surface area contributed by atoms with Gasteiger partial charge in [0.05, 0.1) is 25.3 Å². The van der Waals surface area contributed by atoms with Gasteiger partial charge in [0.2, 0.25) is 0 Å². The van der Waals surface area contributed by atoms with E-state index in [2.05, 4.69) is 104 Å². The number of rotatable bonds is 12. The number of phenols is 2. The van der Waals surface area contributed by atoms with Crippen LogP contribution in [0, 0.1) is 13.8 Å². The number of benzene rings is 4. The van der Waals surface area contributed by atoms with Crippen molar-refractivity contribution in [1.82, 2.24) is 0 Å². The van der Waals surface area contributed by atoms with E-state index in [0.29, 0.717) is 5.56 Å². The minimum atomic E-state index is 0.155. The molecule has 2 N–H and O–H groups in total. The zero-order valence-corrected chi connectivity index (χ0v) is 32.8. The van der Waals surface area contributed by atoms with Crippen LogP contribution in [-0.4, -0.2) is 27.6 Å². The van der Waals surface area contributed by atoms with Crippen LogP contribution in [0.2, 0.25) is 0 Å². The van der Waals surface area contributed by atoms with Gasteiger partial charge in [-0.25, -0.2) is 0 Å². The number of aromatic hydroxyl groups is 2. The molecule has 0 saturated carbocycles. The summed E-state index contributed by atoms with van der Waals surface area (Å²) >= 11 is 9.31. The quantitative estimate of drug-likeness (QED) is 0.110. The highest BCUT2D eigenvalue weighted by atomic mass is 79.9. The molecule has 0 saturated heterocycles. The molecule has 0 aromatic heterocycles. The molecule has 0 spiro atoms. The van der Waals surface area contributed by atoms with Crippen molar-refractivity contribution in [2.45, 2.75) is 79.1 Å². The number of aryl methyl sites for hydroxylation is 4. The van der Waals surface area contributed by atoms with Crippen molar-refractivity contribution in [3.8, 4) is 45.3 Å². The molecule has 0 aliphatic rings. The van der Waals surface area contributed by atoms with Crippen LogP contribution >= 0.6 is 47.3 Å². The number of hydrogen-bond acceptors (Lipinski definition) is 4. The molecular formula is C38H48BBr3O4. The monoisotopic (exact) mass is 816 g/mol. The average Bonchev–Trinajstić information content (AvgIpc) is 3.00. The van der Waals surface area contributed by atoms with Crippen molar-refractivity contribution in [2.24, 2.45) is 0 Å². The molecule has 4 rings (SSSR count). The molecule has 8 heteroatoms. The number of halogens is 3. The summed E-state index contributed by atoms with van der Waals surface area (Å²) in [5.41, 5.74) is 8.14. The first-order valence-electron chi connectivity index (χ1n) is 15.9. The second-order valence-electron chi connectivity index (χ2n) is 11.3. The minimum absolute atomic E-state index is 0.155. The summed E-state index contributed by atoms with van der Waals surface area (Å²) < 4.78 is 11.6. The lowest BCUT2D eigenvalue weighted by Crippen LogP contribution is -1.97. The molecule has 0 atom stereocenters. The highest BCUT2D eigenvalue weighted by molar-refractivity contribution is 9.69. The molecular weight excluding hydrogens is 771 g/mol. The zero-order chi connectivity index (χ0) is 34.1. The first-order valence-corrected chi connectivity index (χ1v) is 18.6. The molecule has 0 heterocycles. The third kappa shape index (κ3) is 13.4. The van der Waals surface area contributed by atoms with Crippen molar-refractivity contribution in [1.29, 1.82) is 0 Å². The molecule has 0 bridgehead atoms. The van der Waals surface area contributed by atoms with Crippen molar-refractivity contribution in [3.63, 3.8) is 0 Å². The first-order chi connectivity index (χ1) is 22.0. The Labute approximate surface area is 301 Å². The van der Waals surface area contributed by atoms with Gasteiger partial charge in [0.15, 0.2) is 0 Å². The fourth-order valence-corrected chi connectivity index (χ4v) is 5.26. The zero-order valence-electron chi connectivity index (χ0n) is 28.0. The Balaban J connectivity index is 0.000000288. The Morgan fingerprint density at radius 2 is 0.978 bits per heavy atom. The summed E-state index contributed by atoms with van der Waals surface area (Å²) in [5, 5.41) is 20.4. The van der Waals surface area contributed by atoms with E-state index in [1.807, 2.05) is 31.2 Å². The van der Waals surface area contributed by atoms with Crippen LogP contribution in [0.25, 0.3) is 22.3 Å². The maximum absolute atomic E-state index is 10.2. The number of unbranched alkanes of at least 4 members (excludes halogenated alkanes) is 4. The van der Waals surface area contributed by atoms with Gasteiger partial charge in [-0.1, -0.05) is 99.2 Å². The summed E-state index contributed by atoms with van der Waals surface area (Å²) in [6.07, 6.45) is 9.06. The van der Waals surface area contributed by atoms with Gasteiger partial charge in [0.1, 0.15) is 23.0 Å². The highest BCUT2D eigenvalue weighted by Gasteiger charge is 2.15. The minimum Gasteiger partial charge on any atom is -0.507 e. The molecule has 4 nitrogen and oxygen atoms in total. The van der Waals surface area contributed by atoms with Crippen molar-refractivity contribution < 1.29 is 19.7 Å². The fraction of sp³-hybridized carbons (Fsp3) is 0.368. The van der Waals surface area contributed by atoms with E-state index in [-0.39, 0.29) is 14.7 Å². The van der Waals surface area contributed by atoms with E-state index in [9.17, 15) is 10.2 Å². The van der Waals surface area contributed by atoms with Crippen LogP contribution in [-0.2, 0) is 12.8 Å². The molecule has 0 aliphatic carbocycles.